The van der Waals surface area contributed by atoms with Crippen molar-refractivity contribution in [2.75, 3.05) is 0 Å². The molecule has 0 fully saturated rings. The van der Waals surface area contributed by atoms with E-state index in [1.807, 2.05) is 0 Å². The minimum Gasteiger partial charge on any atom is -0.309 e. The minimum absolute atomic E-state index is 0.162. The molecule has 0 aliphatic heterocycles. The lowest BCUT2D eigenvalue weighted by molar-refractivity contribution is 0.666. The number of fused-ring (bicyclic) bond motifs is 13. The summed E-state index contributed by atoms with van der Waals surface area (Å²) in [6.07, 6.45) is 0. The van der Waals surface area contributed by atoms with Gasteiger partial charge in [-0.05, 0) is 98.8 Å². The third kappa shape index (κ3) is 4.82. The topological polar surface area (TPSA) is 35.6 Å². The van der Waals surface area contributed by atoms with Crippen molar-refractivity contribution in [2.45, 2.75) is 19.3 Å². The number of benzene rings is 9. The maximum Gasteiger partial charge on any atom is 0.235 e. The minimum atomic E-state index is -0.162. The number of rotatable bonds is 4. The Kier molecular flexibility index (Phi) is 7.04. The van der Waals surface area contributed by atoms with Crippen LogP contribution in [0.2, 0.25) is 0 Å². The normalized spacial score (nSPS) is 13.2. The van der Waals surface area contributed by atoms with E-state index in [4.69, 9.17) is 9.97 Å². The summed E-state index contributed by atoms with van der Waals surface area (Å²) in [7, 11) is 0. The van der Waals surface area contributed by atoms with Gasteiger partial charge in [-0.3, -0.25) is 4.57 Å². The third-order valence-corrected chi connectivity index (χ3v) is 13.3. The van der Waals surface area contributed by atoms with Crippen LogP contribution in [0.5, 0.6) is 0 Å². The zero-order valence-corrected chi connectivity index (χ0v) is 33.8. The summed E-state index contributed by atoms with van der Waals surface area (Å²) < 4.78 is 4.71. The molecule has 0 saturated carbocycles. The standard InChI is InChI=1S/C57H38N4/c1-57(2)46-23-13-11-21-41(46)42-28-32-51-53(54(42)57)45-34-38(26-29-48(45)60(51)39-18-7-4-8-19-39)37-27-30-49-44(33-37)52-40-20-10-9-15-35(40)25-31-50(52)61(49)56-58-47-24-14-12-22-43(47)55(59-56)36-16-5-3-6-17-36/h3-34H,1-2H3. The van der Waals surface area contributed by atoms with Crippen LogP contribution in [0.25, 0.3) is 110 Å². The first kappa shape index (κ1) is 34.1. The number of hydrogen-bond acceptors (Lipinski definition) is 2. The van der Waals surface area contributed by atoms with Gasteiger partial charge >= 0.3 is 0 Å². The van der Waals surface area contributed by atoms with Crippen molar-refractivity contribution >= 4 is 65.3 Å². The van der Waals surface area contributed by atoms with E-state index < -0.39 is 0 Å². The van der Waals surface area contributed by atoms with Crippen molar-refractivity contribution in [3.63, 3.8) is 0 Å². The average Bonchev–Trinajstić information content (AvgIpc) is 3.91. The molecule has 12 aromatic rings. The number of nitrogens with zero attached hydrogens (tertiary/aromatic N) is 4. The highest BCUT2D eigenvalue weighted by Crippen LogP contribution is 2.53. The molecule has 286 valence electrons. The van der Waals surface area contributed by atoms with Crippen LogP contribution in [0.15, 0.2) is 194 Å². The van der Waals surface area contributed by atoms with Gasteiger partial charge in [-0.1, -0.05) is 153 Å². The molecule has 9 aromatic carbocycles. The Balaban J connectivity index is 1.08. The summed E-state index contributed by atoms with van der Waals surface area (Å²) in [6.45, 7) is 4.78. The van der Waals surface area contributed by atoms with Crippen molar-refractivity contribution in [3.8, 4) is 45.1 Å². The Labute approximate surface area is 352 Å². The molecule has 1 aliphatic rings. The van der Waals surface area contributed by atoms with E-state index in [0.717, 1.165) is 38.9 Å². The highest BCUT2D eigenvalue weighted by Gasteiger charge is 2.38. The van der Waals surface area contributed by atoms with E-state index in [1.165, 1.54) is 76.7 Å². The lowest BCUT2D eigenvalue weighted by atomic mass is 9.80. The van der Waals surface area contributed by atoms with Crippen LogP contribution in [0.4, 0.5) is 0 Å². The van der Waals surface area contributed by atoms with Crippen molar-refractivity contribution < 1.29 is 0 Å². The van der Waals surface area contributed by atoms with Crippen molar-refractivity contribution in [3.05, 3.63) is 205 Å². The van der Waals surface area contributed by atoms with Gasteiger partial charge in [0.05, 0.1) is 33.3 Å². The maximum atomic E-state index is 5.37. The van der Waals surface area contributed by atoms with Gasteiger partial charge in [0.25, 0.3) is 0 Å². The maximum absolute atomic E-state index is 5.37. The largest absolute Gasteiger partial charge is 0.309 e. The van der Waals surface area contributed by atoms with Crippen LogP contribution in [0.1, 0.15) is 25.0 Å². The van der Waals surface area contributed by atoms with Crippen molar-refractivity contribution in [1.82, 2.24) is 19.1 Å². The molecule has 0 bridgehead atoms. The molecule has 4 nitrogen and oxygen atoms in total. The highest BCUT2D eigenvalue weighted by atomic mass is 15.2. The van der Waals surface area contributed by atoms with Crippen LogP contribution < -0.4 is 0 Å². The molecule has 0 N–H and O–H groups in total. The fourth-order valence-corrected chi connectivity index (χ4v) is 10.6. The fourth-order valence-electron chi connectivity index (χ4n) is 10.6. The molecule has 0 saturated heterocycles. The summed E-state index contributed by atoms with van der Waals surface area (Å²) in [5, 5.41) is 8.41. The summed E-state index contributed by atoms with van der Waals surface area (Å²) >= 11 is 0. The molecule has 13 rings (SSSR count). The third-order valence-electron chi connectivity index (χ3n) is 13.3. The molecule has 1 aliphatic carbocycles. The summed E-state index contributed by atoms with van der Waals surface area (Å²) in [5.41, 5.74) is 16.3. The van der Waals surface area contributed by atoms with Crippen molar-refractivity contribution in [2.24, 2.45) is 0 Å². The van der Waals surface area contributed by atoms with Crippen LogP contribution in [0.3, 0.4) is 0 Å². The zero-order chi connectivity index (χ0) is 40.4. The lowest BCUT2D eigenvalue weighted by Gasteiger charge is -2.22. The van der Waals surface area contributed by atoms with E-state index in [9.17, 15) is 0 Å². The van der Waals surface area contributed by atoms with E-state index in [1.54, 1.807) is 0 Å². The van der Waals surface area contributed by atoms with Crippen LogP contribution in [-0.2, 0) is 5.41 Å². The first-order valence-corrected chi connectivity index (χ1v) is 21.1. The monoisotopic (exact) mass is 778 g/mol. The van der Waals surface area contributed by atoms with E-state index in [2.05, 4.69) is 217 Å². The Morgan fingerprint density at radius 1 is 0.410 bits per heavy atom. The van der Waals surface area contributed by atoms with Gasteiger partial charge in [-0.2, -0.15) is 0 Å². The Bertz CT molecular complexity index is 3780. The zero-order valence-electron chi connectivity index (χ0n) is 33.8. The molecular weight excluding hydrogens is 741 g/mol. The Morgan fingerprint density at radius 3 is 1.82 bits per heavy atom. The van der Waals surface area contributed by atoms with Gasteiger partial charge in [0.15, 0.2) is 0 Å². The number of hydrogen-bond donors (Lipinski definition) is 0. The first-order chi connectivity index (χ1) is 30.0. The van der Waals surface area contributed by atoms with Gasteiger partial charge in [-0.25, -0.2) is 9.97 Å². The van der Waals surface area contributed by atoms with Gasteiger partial charge in [-0.15, -0.1) is 0 Å². The lowest BCUT2D eigenvalue weighted by Crippen LogP contribution is -2.15. The SMILES string of the molecule is CC1(C)c2ccccc2-c2ccc3c(c21)c1cc(-c2ccc4c(c2)c2c5ccccc5ccc2n4-c2nc(-c4ccccc4)c4ccccc4n2)ccc1n3-c1ccccc1. The summed E-state index contributed by atoms with van der Waals surface area (Å²) in [4.78, 5) is 10.6. The summed E-state index contributed by atoms with van der Waals surface area (Å²) in [6, 6.07) is 70.4. The molecule has 0 amide bonds. The van der Waals surface area contributed by atoms with E-state index in [0.29, 0.717) is 5.95 Å². The molecule has 0 atom stereocenters. The van der Waals surface area contributed by atoms with Crippen LogP contribution >= 0.6 is 0 Å². The second-order valence-corrected chi connectivity index (χ2v) is 17.0. The molecule has 0 unspecified atom stereocenters. The van der Waals surface area contributed by atoms with Crippen LogP contribution in [0, 0.1) is 0 Å². The Morgan fingerprint density at radius 2 is 1.02 bits per heavy atom. The second-order valence-electron chi connectivity index (χ2n) is 17.0. The van der Waals surface area contributed by atoms with E-state index >= 15 is 0 Å². The van der Waals surface area contributed by atoms with Gasteiger partial charge in [0.2, 0.25) is 5.95 Å². The number of para-hydroxylation sites is 2. The van der Waals surface area contributed by atoms with Crippen LogP contribution in [-0.4, -0.2) is 19.1 Å². The smallest absolute Gasteiger partial charge is 0.235 e. The summed E-state index contributed by atoms with van der Waals surface area (Å²) in [5.74, 6) is 0.660. The fraction of sp³-hybridized carbons (Fsp3) is 0.0526. The molecule has 0 radical (unpaired) electrons. The Hall–Kier alpha value is -7.82. The second kappa shape index (κ2) is 12.6. The van der Waals surface area contributed by atoms with E-state index in [-0.39, 0.29) is 5.41 Å². The first-order valence-electron chi connectivity index (χ1n) is 21.1. The van der Waals surface area contributed by atoms with Gasteiger partial charge in [0.1, 0.15) is 0 Å². The predicted molar refractivity (Wildman–Crippen MR) is 254 cm³/mol. The molecule has 3 aromatic heterocycles. The van der Waals surface area contributed by atoms with Crippen molar-refractivity contribution in [1.29, 1.82) is 0 Å². The number of aromatic nitrogens is 4. The predicted octanol–water partition coefficient (Wildman–Crippen LogP) is 14.6. The molecule has 0 spiro atoms. The highest BCUT2D eigenvalue weighted by molar-refractivity contribution is 6.22. The molecular formula is C57H38N4. The molecule has 4 heteroatoms. The average molecular weight is 779 g/mol. The van der Waals surface area contributed by atoms with Gasteiger partial charge in [0, 0.05) is 43.6 Å². The van der Waals surface area contributed by atoms with Gasteiger partial charge < -0.3 is 4.57 Å². The molecule has 61 heavy (non-hydrogen) atoms. The molecule has 3 heterocycles. The quantitative estimate of drug-likeness (QED) is 0.178.